The first-order chi connectivity index (χ1) is 10.5. The van der Waals surface area contributed by atoms with Gasteiger partial charge in [0.15, 0.2) is 4.80 Å². The predicted molar refractivity (Wildman–Crippen MR) is 84.9 cm³/mol. The molecule has 22 heavy (non-hydrogen) atoms. The summed E-state index contributed by atoms with van der Waals surface area (Å²) in [4.78, 5) is 28.2. The van der Waals surface area contributed by atoms with Gasteiger partial charge < -0.3 is 9.88 Å². The molecule has 0 saturated heterocycles. The zero-order chi connectivity index (χ0) is 16.1. The van der Waals surface area contributed by atoms with E-state index >= 15 is 0 Å². The van der Waals surface area contributed by atoms with Crippen molar-refractivity contribution in [2.24, 2.45) is 12.0 Å². The minimum atomic E-state index is -0.496. The average Bonchev–Trinajstić information content (AvgIpc) is 2.86. The minimum absolute atomic E-state index is 0.0799. The van der Waals surface area contributed by atoms with Gasteiger partial charge in [0.2, 0.25) is 5.91 Å². The molecule has 2 amide bonds. The zero-order valence-electron chi connectivity index (χ0n) is 11.7. The number of aromatic nitrogens is 1. The van der Waals surface area contributed by atoms with E-state index in [0.29, 0.717) is 9.27 Å². The van der Waals surface area contributed by atoms with Crippen molar-refractivity contribution in [1.29, 1.82) is 0 Å². The Bertz CT molecular complexity index is 769. The average molecular weight is 386 g/mol. The number of benzene rings is 1. The fourth-order valence-corrected chi connectivity index (χ4v) is 2.82. The molecular formula is C14H13BrFN3O2S. The van der Waals surface area contributed by atoms with E-state index in [1.165, 1.54) is 23.5 Å². The Kier molecular flexibility index (Phi) is 5.62. The van der Waals surface area contributed by atoms with Crippen LogP contribution in [0, 0.1) is 5.82 Å². The van der Waals surface area contributed by atoms with Gasteiger partial charge in [-0.3, -0.25) is 9.59 Å². The van der Waals surface area contributed by atoms with Gasteiger partial charge in [-0.1, -0.05) is 0 Å². The number of nitrogens with one attached hydrogen (secondary N) is 1. The summed E-state index contributed by atoms with van der Waals surface area (Å²) >= 11 is 4.54. The molecule has 0 fully saturated rings. The fourth-order valence-electron chi connectivity index (χ4n) is 1.65. The van der Waals surface area contributed by atoms with E-state index in [9.17, 15) is 14.0 Å². The first-order valence-electron chi connectivity index (χ1n) is 6.38. The molecule has 8 heteroatoms. The second-order valence-electron chi connectivity index (χ2n) is 4.43. The maximum atomic E-state index is 13.1. The molecule has 0 aliphatic heterocycles. The minimum Gasteiger partial charge on any atom is -0.351 e. The van der Waals surface area contributed by atoms with Crippen LogP contribution < -0.4 is 10.1 Å². The molecule has 0 aliphatic rings. The third kappa shape index (κ3) is 4.35. The molecule has 2 rings (SSSR count). The molecule has 0 bridgehead atoms. The summed E-state index contributed by atoms with van der Waals surface area (Å²) in [6.07, 6.45) is 1.89. The highest BCUT2D eigenvalue weighted by Gasteiger charge is 2.11. The van der Waals surface area contributed by atoms with Crippen molar-refractivity contribution in [1.82, 2.24) is 9.88 Å². The van der Waals surface area contributed by atoms with Crippen LogP contribution in [0.3, 0.4) is 0 Å². The molecule has 116 valence electrons. The molecular weight excluding hydrogens is 373 g/mol. The second-order valence-corrected chi connectivity index (χ2v) is 6.16. The molecule has 0 atom stereocenters. The molecule has 1 aromatic carbocycles. The lowest BCUT2D eigenvalue weighted by Gasteiger charge is -2.05. The van der Waals surface area contributed by atoms with E-state index in [4.69, 9.17) is 0 Å². The SMILES string of the molecule is Cn1ccsc1=NC(=O)CCNC(=O)c1cc(F)ccc1Br. The van der Waals surface area contributed by atoms with Crippen LogP contribution in [0.4, 0.5) is 4.39 Å². The van der Waals surface area contributed by atoms with Crippen molar-refractivity contribution in [3.8, 4) is 0 Å². The summed E-state index contributed by atoms with van der Waals surface area (Å²) in [5.74, 6) is -1.26. The Morgan fingerprint density at radius 3 is 2.91 bits per heavy atom. The lowest BCUT2D eigenvalue weighted by atomic mass is 10.2. The van der Waals surface area contributed by atoms with Crippen molar-refractivity contribution < 1.29 is 14.0 Å². The van der Waals surface area contributed by atoms with Gasteiger partial charge in [0.05, 0.1) is 5.56 Å². The molecule has 0 unspecified atom stereocenters. The summed E-state index contributed by atoms with van der Waals surface area (Å²) < 4.78 is 15.4. The van der Waals surface area contributed by atoms with Gasteiger partial charge in [0.25, 0.3) is 5.91 Å². The van der Waals surface area contributed by atoms with Crippen molar-refractivity contribution in [2.75, 3.05) is 6.54 Å². The van der Waals surface area contributed by atoms with Crippen LogP contribution in [0.2, 0.25) is 0 Å². The second kappa shape index (κ2) is 7.46. The van der Waals surface area contributed by atoms with Crippen molar-refractivity contribution in [3.63, 3.8) is 0 Å². The quantitative estimate of drug-likeness (QED) is 0.876. The number of halogens is 2. The number of rotatable bonds is 4. The number of carbonyl (C=O) groups is 2. The number of amides is 2. The summed E-state index contributed by atoms with van der Waals surface area (Å²) in [5, 5.41) is 4.40. The maximum Gasteiger partial charge on any atom is 0.252 e. The van der Waals surface area contributed by atoms with Gasteiger partial charge >= 0.3 is 0 Å². The summed E-state index contributed by atoms with van der Waals surface area (Å²) in [7, 11) is 1.80. The van der Waals surface area contributed by atoms with Crippen molar-refractivity contribution in [2.45, 2.75) is 6.42 Å². The largest absolute Gasteiger partial charge is 0.351 e. The predicted octanol–water partition coefficient (Wildman–Crippen LogP) is 2.24. The van der Waals surface area contributed by atoms with E-state index in [2.05, 4.69) is 26.2 Å². The maximum absolute atomic E-state index is 13.1. The Hall–Kier alpha value is -1.80. The topological polar surface area (TPSA) is 63.5 Å². The Balaban J connectivity index is 1.91. The summed E-state index contributed by atoms with van der Waals surface area (Å²) in [6, 6.07) is 3.85. The van der Waals surface area contributed by atoms with E-state index in [1.54, 1.807) is 17.8 Å². The number of hydrogen-bond donors (Lipinski definition) is 1. The van der Waals surface area contributed by atoms with Gasteiger partial charge in [-0.05, 0) is 34.1 Å². The van der Waals surface area contributed by atoms with Crippen LogP contribution in [-0.4, -0.2) is 22.9 Å². The number of hydrogen-bond acceptors (Lipinski definition) is 3. The van der Waals surface area contributed by atoms with Crippen LogP contribution in [-0.2, 0) is 11.8 Å². The molecule has 2 aromatic rings. The van der Waals surface area contributed by atoms with Crippen molar-refractivity contribution >= 4 is 39.1 Å². The van der Waals surface area contributed by atoms with Crippen molar-refractivity contribution in [3.05, 3.63) is 50.4 Å². The highest BCUT2D eigenvalue weighted by atomic mass is 79.9. The summed E-state index contributed by atoms with van der Waals surface area (Å²) in [5.41, 5.74) is 0.189. The number of nitrogens with zero attached hydrogens (tertiary/aromatic N) is 2. The molecule has 5 nitrogen and oxygen atoms in total. The lowest BCUT2D eigenvalue weighted by Crippen LogP contribution is -2.26. The monoisotopic (exact) mass is 385 g/mol. The van der Waals surface area contributed by atoms with Crippen LogP contribution in [0.1, 0.15) is 16.8 Å². The molecule has 0 radical (unpaired) electrons. The highest BCUT2D eigenvalue weighted by molar-refractivity contribution is 9.10. The number of carbonyl (C=O) groups excluding carboxylic acids is 2. The summed E-state index contributed by atoms with van der Waals surface area (Å²) in [6.45, 7) is 0.138. The Morgan fingerprint density at radius 1 is 1.45 bits per heavy atom. The molecule has 1 heterocycles. The molecule has 0 aliphatic carbocycles. The van der Waals surface area contributed by atoms with Crippen LogP contribution >= 0.6 is 27.3 Å². The first-order valence-corrected chi connectivity index (χ1v) is 8.05. The molecule has 1 aromatic heterocycles. The Labute approximate surface area is 138 Å². The standard InChI is InChI=1S/C14H13BrFN3O2S/c1-19-6-7-22-14(19)18-12(20)4-5-17-13(21)10-8-9(16)2-3-11(10)15/h2-3,6-8H,4-5H2,1H3,(H,17,21). The number of aryl methyl sites for hydroxylation is 1. The molecule has 1 N–H and O–H groups in total. The third-order valence-corrected chi connectivity index (χ3v) is 4.32. The van der Waals surface area contributed by atoms with Crippen LogP contribution in [0.25, 0.3) is 0 Å². The highest BCUT2D eigenvalue weighted by Crippen LogP contribution is 2.17. The van der Waals surface area contributed by atoms with Crippen LogP contribution in [0.5, 0.6) is 0 Å². The molecule has 0 saturated carbocycles. The van der Waals surface area contributed by atoms with Gasteiger partial charge in [0.1, 0.15) is 5.82 Å². The van der Waals surface area contributed by atoms with E-state index in [0.717, 1.165) is 6.07 Å². The zero-order valence-corrected chi connectivity index (χ0v) is 14.1. The van der Waals surface area contributed by atoms with Gasteiger partial charge in [-0.2, -0.15) is 4.99 Å². The first kappa shape index (κ1) is 16.6. The lowest BCUT2D eigenvalue weighted by molar-refractivity contribution is -0.117. The third-order valence-electron chi connectivity index (χ3n) is 2.78. The smallest absolute Gasteiger partial charge is 0.252 e. The van der Waals surface area contributed by atoms with E-state index < -0.39 is 11.7 Å². The molecule has 0 spiro atoms. The van der Waals surface area contributed by atoms with E-state index in [-0.39, 0.29) is 24.4 Å². The van der Waals surface area contributed by atoms with Gasteiger partial charge in [-0.15, -0.1) is 11.3 Å². The van der Waals surface area contributed by atoms with E-state index in [1.807, 2.05) is 5.38 Å². The van der Waals surface area contributed by atoms with Crippen LogP contribution in [0.15, 0.2) is 39.2 Å². The fraction of sp³-hybridized carbons (Fsp3) is 0.214. The number of thiazole rings is 1. The van der Waals surface area contributed by atoms with Gasteiger partial charge in [0, 0.05) is 36.1 Å². The Morgan fingerprint density at radius 2 is 2.23 bits per heavy atom. The van der Waals surface area contributed by atoms with Gasteiger partial charge in [-0.25, -0.2) is 4.39 Å². The normalized spacial score (nSPS) is 11.5.